The summed E-state index contributed by atoms with van der Waals surface area (Å²) < 4.78 is 24.1. The first-order valence-electron chi connectivity index (χ1n) is 10.3. The SMILES string of the molecule is C[C@H](Cn1cnc2c(N)ncnc21)OCP(=O)(O)O.Cc1cn([C@H]2C=C[C@@H](CO)O2)c(=O)[nH]c1=O. The third kappa shape index (κ3) is 6.91. The summed E-state index contributed by atoms with van der Waals surface area (Å²) in [6, 6.07) is 0. The average molecular weight is 511 g/mol. The summed E-state index contributed by atoms with van der Waals surface area (Å²) in [5.41, 5.74) is 6.21. The Hall–Kier alpha value is -3.20. The minimum Gasteiger partial charge on any atom is -0.393 e. The second-order valence-electron chi connectivity index (χ2n) is 7.71. The van der Waals surface area contributed by atoms with Crippen molar-refractivity contribution in [3.05, 3.63) is 57.4 Å². The topological polar surface area (TPSA) is 221 Å². The van der Waals surface area contributed by atoms with Crippen LogP contribution in [0, 0.1) is 6.92 Å². The molecule has 1 aliphatic rings. The zero-order valence-electron chi connectivity index (χ0n) is 18.9. The number of hydrogen-bond acceptors (Lipinski definition) is 10. The number of rotatable bonds is 7. The lowest BCUT2D eigenvalue weighted by Gasteiger charge is -2.14. The Bertz CT molecular complexity index is 1360. The normalized spacial score (nSPS) is 18.4. The molecular formula is C19H26N7O8P. The van der Waals surface area contributed by atoms with Gasteiger partial charge in [0.05, 0.1) is 25.6 Å². The number of H-pyrrole nitrogens is 1. The summed E-state index contributed by atoms with van der Waals surface area (Å²) >= 11 is 0. The zero-order chi connectivity index (χ0) is 25.8. The van der Waals surface area contributed by atoms with E-state index in [1.54, 1.807) is 30.6 Å². The van der Waals surface area contributed by atoms with Crippen LogP contribution < -0.4 is 17.0 Å². The molecule has 0 unspecified atom stereocenters. The molecule has 0 saturated carbocycles. The molecule has 1 aliphatic heterocycles. The largest absolute Gasteiger partial charge is 0.393 e. The van der Waals surface area contributed by atoms with E-state index in [9.17, 15) is 14.2 Å². The number of fused-ring (bicyclic) bond motifs is 1. The maximum Gasteiger partial charge on any atom is 0.350 e. The summed E-state index contributed by atoms with van der Waals surface area (Å²) in [5.74, 6) is 0.285. The molecule has 0 spiro atoms. The number of nitrogen functional groups attached to an aromatic ring is 1. The molecular weight excluding hydrogens is 485 g/mol. The molecule has 16 heteroatoms. The molecule has 0 saturated heterocycles. The molecule has 3 atom stereocenters. The molecule has 0 amide bonds. The first-order chi connectivity index (χ1) is 16.5. The number of ether oxygens (including phenoxy) is 2. The van der Waals surface area contributed by atoms with E-state index in [0.29, 0.717) is 23.3 Å². The molecule has 4 heterocycles. The van der Waals surface area contributed by atoms with Gasteiger partial charge in [-0.2, -0.15) is 0 Å². The van der Waals surface area contributed by atoms with Crippen LogP contribution in [0.25, 0.3) is 11.2 Å². The van der Waals surface area contributed by atoms with Crippen molar-refractivity contribution in [3.8, 4) is 0 Å². The molecule has 0 aliphatic carbocycles. The van der Waals surface area contributed by atoms with E-state index in [1.165, 1.54) is 23.4 Å². The van der Waals surface area contributed by atoms with Crippen LogP contribution in [0.4, 0.5) is 5.82 Å². The number of anilines is 1. The van der Waals surface area contributed by atoms with Gasteiger partial charge in [-0.3, -0.25) is 18.9 Å². The summed E-state index contributed by atoms with van der Waals surface area (Å²) in [6.45, 7) is 3.53. The molecule has 190 valence electrons. The first kappa shape index (κ1) is 26.4. The lowest BCUT2D eigenvalue weighted by molar-refractivity contribution is -0.0104. The second-order valence-corrected chi connectivity index (χ2v) is 9.30. The molecule has 4 rings (SSSR count). The van der Waals surface area contributed by atoms with Crippen LogP contribution in [0.3, 0.4) is 0 Å². The van der Waals surface area contributed by atoms with Crippen molar-refractivity contribution in [2.45, 2.75) is 38.8 Å². The highest BCUT2D eigenvalue weighted by atomic mass is 31.2. The van der Waals surface area contributed by atoms with E-state index < -0.39 is 43.6 Å². The van der Waals surface area contributed by atoms with E-state index in [0.717, 1.165) is 0 Å². The van der Waals surface area contributed by atoms with Crippen LogP contribution >= 0.6 is 7.60 Å². The minimum atomic E-state index is -4.16. The van der Waals surface area contributed by atoms with Crippen molar-refractivity contribution in [2.24, 2.45) is 0 Å². The molecule has 0 fully saturated rings. The van der Waals surface area contributed by atoms with Crippen molar-refractivity contribution in [2.75, 3.05) is 18.7 Å². The third-order valence-corrected chi connectivity index (χ3v) is 5.30. The van der Waals surface area contributed by atoms with Crippen LogP contribution in [-0.2, 0) is 20.6 Å². The predicted molar refractivity (Wildman–Crippen MR) is 123 cm³/mol. The molecule has 15 nitrogen and oxygen atoms in total. The minimum absolute atomic E-state index is 0.135. The highest BCUT2D eigenvalue weighted by molar-refractivity contribution is 7.51. The highest BCUT2D eigenvalue weighted by Crippen LogP contribution is 2.34. The van der Waals surface area contributed by atoms with Crippen LogP contribution in [0.2, 0.25) is 0 Å². The standard InChI is InChI=1S/C10H12N2O4.C9H14N5O4P/c1-6-4-12(10(15)11-9(6)14)8-3-2-7(5-13)16-8;1-6(18-5-19(15,16)17)2-14-4-13-7-8(10)11-3-12-9(7)14/h2-4,7-8,13H,5H2,1H3,(H,11,14,15);3-4,6H,2,5H2,1H3,(H2,10,11,12)(H2,15,16,17)/t7-,8+;6-/m01/s1. The van der Waals surface area contributed by atoms with Crippen molar-refractivity contribution < 1.29 is 28.9 Å². The van der Waals surface area contributed by atoms with Gasteiger partial charge in [0, 0.05) is 11.8 Å². The predicted octanol–water partition coefficient (Wildman–Crippen LogP) is -0.760. The Morgan fingerprint density at radius 2 is 2.03 bits per heavy atom. The fourth-order valence-electron chi connectivity index (χ4n) is 3.11. The van der Waals surface area contributed by atoms with Gasteiger partial charge in [-0.1, -0.05) is 6.08 Å². The van der Waals surface area contributed by atoms with Gasteiger partial charge in [-0.05, 0) is 19.9 Å². The monoisotopic (exact) mass is 511 g/mol. The lowest BCUT2D eigenvalue weighted by Crippen LogP contribution is -2.33. The Labute approximate surface area is 198 Å². The third-order valence-electron chi connectivity index (χ3n) is 4.82. The Morgan fingerprint density at radius 3 is 2.69 bits per heavy atom. The number of nitrogens with zero attached hydrogens (tertiary/aromatic N) is 5. The maximum absolute atomic E-state index is 11.5. The second kappa shape index (κ2) is 11.0. The van der Waals surface area contributed by atoms with Gasteiger partial charge in [-0.15, -0.1) is 0 Å². The zero-order valence-corrected chi connectivity index (χ0v) is 19.8. The molecule has 35 heavy (non-hydrogen) atoms. The lowest BCUT2D eigenvalue weighted by atomic mass is 10.3. The smallest absolute Gasteiger partial charge is 0.350 e. The molecule has 0 radical (unpaired) electrons. The molecule has 0 aromatic carbocycles. The fraction of sp³-hybridized carbons (Fsp3) is 0.421. The number of aromatic nitrogens is 6. The number of nitrogens with one attached hydrogen (secondary N) is 1. The number of aliphatic hydroxyl groups excluding tert-OH is 1. The Morgan fingerprint density at radius 1 is 1.29 bits per heavy atom. The summed E-state index contributed by atoms with van der Waals surface area (Å²) in [6.07, 6.45) is 5.67. The number of aryl methyl sites for hydroxylation is 1. The van der Waals surface area contributed by atoms with Gasteiger partial charge in [0.15, 0.2) is 17.7 Å². The fourth-order valence-corrected chi connectivity index (χ4v) is 3.56. The number of aliphatic hydroxyl groups is 1. The molecule has 0 bridgehead atoms. The maximum atomic E-state index is 11.5. The quantitative estimate of drug-likeness (QED) is 0.195. The molecule has 3 aromatic rings. The van der Waals surface area contributed by atoms with Gasteiger partial charge < -0.3 is 34.7 Å². The van der Waals surface area contributed by atoms with E-state index in [2.05, 4.69) is 19.9 Å². The van der Waals surface area contributed by atoms with E-state index >= 15 is 0 Å². The van der Waals surface area contributed by atoms with Crippen molar-refractivity contribution in [1.82, 2.24) is 29.1 Å². The number of aromatic amines is 1. The number of imidazole rings is 1. The van der Waals surface area contributed by atoms with Crippen LogP contribution in [0.15, 0.2) is 40.6 Å². The summed E-state index contributed by atoms with van der Waals surface area (Å²) in [7, 11) is -4.16. The first-order valence-corrected chi connectivity index (χ1v) is 12.1. The highest BCUT2D eigenvalue weighted by Gasteiger charge is 2.21. The van der Waals surface area contributed by atoms with Gasteiger partial charge in [0.25, 0.3) is 5.56 Å². The van der Waals surface area contributed by atoms with E-state index in [-0.39, 0.29) is 12.4 Å². The summed E-state index contributed by atoms with van der Waals surface area (Å²) in [5, 5.41) is 8.88. The van der Waals surface area contributed by atoms with E-state index in [4.69, 9.17) is 30.1 Å². The van der Waals surface area contributed by atoms with Crippen LogP contribution in [0.5, 0.6) is 0 Å². The summed E-state index contributed by atoms with van der Waals surface area (Å²) in [4.78, 5) is 54.3. The van der Waals surface area contributed by atoms with E-state index in [1.807, 2.05) is 0 Å². The Kier molecular flexibility index (Phi) is 8.32. The Balaban J connectivity index is 0.000000198. The molecule has 6 N–H and O–H groups in total. The van der Waals surface area contributed by atoms with Gasteiger partial charge in [0.2, 0.25) is 0 Å². The van der Waals surface area contributed by atoms with Gasteiger partial charge in [-0.25, -0.2) is 19.7 Å². The average Bonchev–Trinajstić information content (AvgIpc) is 3.43. The van der Waals surface area contributed by atoms with Gasteiger partial charge >= 0.3 is 13.3 Å². The van der Waals surface area contributed by atoms with Crippen LogP contribution in [0.1, 0.15) is 18.7 Å². The van der Waals surface area contributed by atoms with Crippen molar-refractivity contribution >= 4 is 24.6 Å². The van der Waals surface area contributed by atoms with Crippen molar-refractivity contribution in [1.29, 1.82) is 0 Å². The van der Waals surface area contributed by atoms with Crippen LogP contribution in [-0.4, -0.2) is 69.1 Å². The van der Waals surface area contributed by atoms with Gasteiger partial charge in [0.1, 0.15) is 24.3 Å². The molecule has 3 aromatic heterocycles. The number of hydrogen-bond donors (Lipinski definition) is 5. The number of nitrogens with two attached hydrogens (primary N) is 1. The van der Waals surface area contributed by atoms with Crippen molar-refractivity contribution in [3.63, 3.8) is 0 Å².